The average Bonchev–Trinajstić information content (AvgIpc) is 2.62. The van der Waals surface area contributed by atoms with Gasteiger partial charge >= 0.3 is 18.8 Å². The third-order valence-corrected chi connectivity index (χ3v) is 3.26. The minimum Gasteiger partial charge on any atom is -0.481 e. The number of aliphatic hydroxyl groups is 1. The number of hydrogen-bond acceptors (Lipinski definition) is 4. The van der Waals surface area contributed by atoms with Crippen LogP contribution in [0.1, 0.15) is 30.9 Å². The number of aliphatic hydroxyl groups excluding tert-OH is 1. The van der Waals surface area contributed by atoms with Crippen LogP contribution in [0, 0.1) is 0 Å². The molecular formula is C19H19F5O5. The molecule has 0 bridgehead atoms. The Hall–Kier alpha value is -2.88. The van der Waals surface area contributed by atoms with E-state index in [9.17, 15) is 26.7 Å². The summed E-state index contributed by atoms with van der Waals surface area (Å²) in [6.45, 7) is -1.73. The molecule has 5 nitrogen and oxygen atoms in total. The van der Waals surface area contributed by atoms with Crippen LogP contribution in [-0.4, -0.2) is 22.8 Å². The van der Waals surface area contributed by atoms with Gasteiger partial charge in [0.1, 0.15) is 5.75 Å². The van der Waals surface area contributed by atoms with E-state index in [1.54, 1.807) is 12.1 Å². The Morgan fingerprint density at radius 1 is 1.10 bits per heavy atom. The van der Waals surface area contributed by atoms with Gasteiger partial charge in [-0.05, 0) is 42.3 Å². The maximum absolute atomic E-state index is 12.7. The summed E-state index contributed by atoms with van der Waals surface area (Å²) < 4.78 is 72.1. The van der Waals surface area contributed by atoms with Crippen molar-refractivity contribution in [2.24, 2.45) is 0 Å². The molecule has 0 aliphatic carbocycles. The Labute approximate surface area is 163 Å². The first-order chi connectivity index (χ1) is 13.6. The normalized spacial score (nSPS) is 10.9. The van der Waals surface area contributed by atoms with Crippen molar-refractivity contribution in [2.75, 3.05) is 0 Å². The van der Waals surface area contributed by atoms with E-state index in [4.69, 9.17) is 14.9 Å². The van der Waals surface area contributed by atoms with Gasteiger partial charge in [-0.15, -0.1) is 0 Å². The van der Waals surface area contributed by atoms with Crippen molar-refractivity contribution < 1.29 is 46.4 Å². The van der Waals surface area contributed by atoms with E-state index < -0.39 is 30.1 Å². The quantitative estimate of drug-likeness (QED) is 0.580. The van der Waals surface area contributed by atoms with Crippen LogP contribution in [-0.2, 0) is 17.6 Å². The molecule has 2 rings (SSSR count). The van der Waals surface area contributed by atoms with Gasteiger partial charge in [-0.3, -0.25) is 4.79 Å². The van der Waals surface area contributed by atoms with Crippen LogP contribution in [0.15, 0.2) is 42.5 Å². The monoisotopic (exact) mass is 422 g/mol. The lowest BCUT2D eigenvalue weighted by atomic mass is 10.2. The average molecular weight is 422 g/mol. The number of ether oxygens (including phenoxy) is 2. The van der Waals surface area contributed by atoms with Crippen molar-refractivity contribution >= 4 is 5.97 Å². The molecule has 2 aromatic rings. The van der Waals surface area contributed by atoms with Crippen molar-refractivity contribution in [3.8, 4) is 17.2 Å². The molecule has 0 heterocycles. The maximum atomic E-state index is 12.7. The number of hydrogen-bond donors (Lipinski definition) is 2. The van der Waals surface area contributed by atoms with Crippen LogP contribution in [0.4, 0.5) is 22.0 Å². The third-order valence-electron chi connectivity index (χ3n) is 3.26. The molecule has 2 aromatic carbocycles. The SMILES string of the molecule is CCCC(=O)O.OCc1cccc(Oc2ccc(C(F)(F)F)cc2OC(F)F)c1. The van der Waals surface area contributed by atoms with E-state index in [1.807, 2.05) is 6.92 Å². The lowest BCUT2D eigenvalue weighted by Crippen LogP contribution is -2.08. The summed E-state index contributed by atoms with van der Waals surface area (Å²) in [4.78, 5) is 9.60. The lowest BCUT2D eigenvalue weighted by molar-refractivity contribution is -0.138. The Kier molecular flexibility index (Phi) is 9.33. The van der Waals surface area contributed by atoms with Crippen molar-refractivity contribution in [1.29, 1.82) is 0 Å². The molecule has 0 atom stereocenters. The highest BCUT2D eigenvalue weighted by atomic mass is 19.4. The molecule has 0 spiro atoms. The fourth-order valence-corrected chi connectivity index (χ4v) is 2.00. The number of rotatable bonds is 7. The van der Waals surface area contributed by atoms with Gasteiger partial charge in [0.2, 0.25) is 0 Å². The van der Waals surface area contributed by atoms with Crippen molar-refractivity contribution in [2.45, 2.75) is 39.2 Å². The fourth-order valence-electron chi connectivity index (χ4n) is 2.00. The van der Waals surface area contributed by atoms with Gasteiger partial charge in [0.15, 0.2) is 11.5 Å². The summed E-state index contributed by atoms with van der Waals surface area (Å²) in [6.07, 6.45) is -3.68. The zero-order valence-electron chi connectivity index (χ0n) is 15.2. The standard InChI is InChI=1S/C15H11F5O3.C4H8O2/c16-14(17)23-13-7-10(15(18,19)20)4-5-12(13)22-11-3-1-2-9(6-11)8-21;1-2-3-4(5)6/h1-7,14,21H,8H2;2-3H2,1H3,(H,5,6). The Bertz CT molecular complexity index is 793. The molecule has 0 radical (unpaired) electrons. The van der Waals surface area contributed by atoms with Crippen molar-refractivity contribution in [3.05, 3.63) is 53.6 Å². The molecule has 160 valence electrons. The van der Waals surface area contributed by atoms with Gasteiger partial charge in [-0.1, -0.05) is 19.1 Å². The van der Waals surface area contributed by atoms with E-state index >= 15 is 0 Å². The molecule has 29 heavy (non-hydrogen) atoms. The van der Waals surface area contributed by atoms with E-state index in [1.165, 1.54) is 12.1 Å². The van der Waals surface area contributed by atoms with Gasteiger partial charge in [-0.2, -0.15) is 22.0 Å². The largest absolute Gasteiger partial charge is 0.481 e. The molecule has 0 aliphatic heterocycles. The highest BCUT2D eigenvalue weighted by molar-refractivity contribution is 5.66. The van der Waals surface area contributed by atoms with Gasteiger partial charge < -0.3 is 19.7 Å². The van der Waals surface area contributed by atoms with Gasteiger partial charge in [0.25, 0.3) is 0 Å². The minimum atomic E-state index is -4.70. The van der Waals surface area contributed by atoms with E-state index in [0.29, 0.717) is 24.1 Å². The Morgan fingerprint density at radius 2 is 1.79 bits per heavy atom. The Balaban J connectivity index is 0.000000612. The molecule has 0 aliphatic rings. The van der Waals surface area contributed by atoms with E-state index in [0.717, 1.165) is 12.5 Å². The van der Waals surface area contributed by atoms with Gasteiger partial charge in [0.05, 0.1) is 12.2 Å². The van der Waals surface area contributed by atoms with E-state index in [2.05, 4.69) is 4.74 Å². The molecule has 0 amide bonds. The summed E-state index contributed by atoms with van der Waals surface area (Å²) in [5, 5.41) is 16.9. The number of aliphatic carboxylic acids is 1. The zero-order valence-corrected chi connectivity index (χ0v) is 15.2. The second-order valence-corrected chi connectivity index (χ2v) is 5.59. The highest BCUT2D eigenvalue weighted by Gasteiger charge is 2.32. The topological polar surface area (TPSA) is 76.0 Å². The summed E-state index contributed by atoms with van der Waals surface area (Å²) >= 11 is 0. The third kappa shape index (κ3) is 8.77. The number of carboxylic acid groups (broad SMARTS) is 1. The smallest absolute Gasteiger partial charge is 0.416 e. The van der Waals surface area contributed by atoms with Crippen molar-refractivity contribution in [1.82, 2.24) is 0 Å². The van der Waals surface area contributed by atoms with Crippen LogP contribution in [0.5, 0.6) is 17.2 Å². The van der Waals surface area contributed by atoms with Gasteiger partial charge in [-0.25, -0.2) is 0 Å². The summed E-state index contributed by atoms with van der Waals surface area (Å²) in [5.74, 6) is -1.58. The molecule has 10 heteroatoms. The summed E-state index contributed by atoms with van der Waals surface area (Å²) in [5.41, 5.74) is -0.643. The predicted octanol–water partition coefficient (Wildman–Crippen LogP) is 5.46. The first-order valence-corrected chi connectivity index (χ1v) is 8.32. The molecule has 0 fully saturated rings. The first-order valence-electron chi connectivity index (χ1n) is 8.32. The number of benzene rings is 2. The number of halogens is 5. The minimum absolute atomic E-state index is 0.162. The fraction of sp³-hybridized carbons (Fsp3) is 0.316. The first kappa shape index (κ1) is 24.2. The number of carboxylic acids is 1. The molecular weight excluding hydrogens is 403 g/mol. The van der Waals surface area contributed by atoms with Crippen LogP contribution in [0.2, 0.25) is 0 Å². The molecule has 0 unspecified atom stereocenters. The second-order valence-electron chi connectivity index (χ2n) is 5.59. The summed E-state index contributed by atoms with van der Waals surface area (Å²) in [7, 11) is 0. The van der Waals surface area contributed by atoms with Gasteiger partial charge in [0, 0.05) is 6.42 Å². The maximum Gasteiger partial charge on any atom is 0.416 e. The molecule has 2 N–H and O–H groups in total. The van der Waals surface area contributed by atoms with Crippen LogP contribution in [0.3, 0.4) is 0 Å². The Morgan fingerprint density at radius 3 is 2.28 bits per heavy atom. The summed E-state index contributed by atoms with van der Waals surface area (Å²) in [6, 6.07) is 8.05. The van der Waals surface area contributed by atoms with E-state index in [-0.39, 0.29) is 18.1 Å². The number of carbonyl (C=O) groups is 1. The van der Waals surface area contributed by atoms with Crippen LogP contribution < -0.4 is 9.47 Å². The molecule has 0 aromatic heterocycles. The second kappa shape index (κ2) is 11.2. The molecule has 0 saturated heterocycles. The van der Waals surface area contributed by atoms with Crippen LogP contribution in [0.25, 0.3) is 0 Å². The zero-order chi connectivity index (χ0) is 22.0. The lowest BCUT2D eigenvalue weighted by Gasteiger charge is -2.15. The van der Waals surface area contributed by atoms with Crippen LogP contribution >= 0.6 is 0 Å². The highest BCUT2D eigenvalue weighted by Crippen LogP contribution is 2.38. The molecule has 0 saturated carbocycles. The van der Waals surface area contributed by atoms with Crippen molar-refractivity contribution in [3.63, 3.8) is 0 Å². The predicted molar refractivity (Wildman–Crippen MR) is 93.1 cm³/mol. The number of alkyl halides is 5.